The van der Waals surface area contributed by atoms with Crippen molar-refractivity contribution in [2.75, 3.05) is 31.1 Å². The van der Waals surface area contributed by atoms with E-state index >= 15 is 0 Å². The summed E-state index contributed by atoms with van der Waals surface area (Å²) in [5.41, 5.74) is 5.04. The van der Waals surface area contributed by atoms with Crippen LogP contribution in [0.4, 0.5) is 11.4 Å². The highest BCUT2D eigenvalue weighted by Crippen LogP contribution is 2.38. The lowest BCUT2D eigenvalue weighted by atomic mass is 10.0. The second-order valence-corrected chi connectivity index (χ2v) is 9.07. The van der Waals surface area contributed by atoms with Crippen molar-refractivity contribution in [2.24, 2.45) is 0 Å². The van der Waals surface area contributed by atoms with Gasteiger partial charge < -0.3 is 9.80 Å². The van der Waals surface area contributed by atoms with E-state index < -0.39 is 0 Å². The summed E-state index contributed by atoms with van der Waals surface area (Å²) in [5.74, 6) is 0. The van der Waals surface area contributed by atoms with Gasteiger partial charge in [0.1, 0.15) is 0 Å². The molecule has 0 spiro atoms. The molecule has 0 radical (unpaired) electrons. The summed E-state index contributed by atoms with van der Waals surface area (Å²) in [6, 6.07) is 14.9. The smallest absolute Gasteiger partial charge is 0.187 e. The summed E-state index contributed by atoms with van der Waals surface area (Å²) in [6.07, 6.45) is 7.22. The Kier molecular flexibility index (Phi) is 5.45. The molecule has 152 valence electrons. The number of likely N-dealkylation sites (tertiary alicyclic amines) is 1. The number of rotatable bonds is 3. The molecule has 3 aromatic rings. The van der Waals surface area contributed by atoms with E-state index in [1.54, 1.807) is 0 Å². The quantitative estimate of drug-likeness (QED) is 0.429. The van der Waals surface area contributed by atoms with E-state index in [-0.39, 0.29) is 0 Å². The van der Waals surface area contributed by atoms with E-state index in [1.807, 2.05) is 30.5 Å². The maximum atomic E-state index is 7.16. The Morgan fingerprint density at radius 1 is 0.967 bits per heavy atom. The molecular formula is C25H25BrN4. The summed E-state index contributed by atoms with van der Waals surface area (Å²) in [4.78, 5) is 13.6. The Morgan fingerprint density at radius 2 is 1.70 bits per heavy atom. The van der Waals surface area contributed by atoms with Crippen LogP contribution >= 0.6 is 15.9 Å². The Bertz CT molecular complexity index is 1090. The highest BCUT2D eigenvalue weighted by Gasteiger charge is 2.27. The summed E-state index contributed by atoms with van der Waals surface area (Å²) in [6.45, 7) is 11.9. The first-order valence-corrected chi connectivity index (χ1v) is 11.6. The number of hydrogen-bond acceptors (Lipinski definition) is 3. The third-order valence-electron chi connectivity index (χ3n) is 6.58. The van der Waals surface area contributed by atoms with Crippen LogP contribution in [-0.4, -0.2) is 42.1 Å². The number of piperidine rings is 1. The molecule has 3 heterocycles. The van der Waals surface area contributed by atoms with Gasteiger partial charge in [0.05, 0.1) is 28.4 Å². The Hall–Kier alpha value is -2.42. The van der Waals surface area contributed by atoms with Crippen LogP contribution in [-0.2, 0) is 0 Å². The van der Waals surface area contributed by atoms with Crippen LogP contribution in [0.25, 0.3) is 26.9 Å². The summed E-state index contributed by atoms with van der Waals surface area (Å²) in [5, 5.41) is 1.14. The van der Waals surface area contributed by atoms with Gasteiger partial charge in [0.2, 0.25) is 0 Å². The number of hydrogen-bond donors (Lipinski definition) is 0. The number of pyridine rings is 1. The molecule has 0 bridgehead atoms. The zero-order valence-electron chi connectivity index (χ0n) is 17.0. The van der Waals surface area contributed by atoms with Gasteiger partial charge in [-0.1, -0.05) is 42.5 Å². The van der Waals surface area contributed by atoms with Crippen LogP contribution < -0.4 is 4.90 Å². The van der Waals surface area contributed by atoms with E-state index in [0.29, 0.717) is 5.69 Å². The number of para-hydroxylation sites is 1. The van der Waals surface area contributed by atoms with Crippen molar-refractivity contribution in [3.05, 3.63) is 64.6 Å². The topological polar surface area (TPSA) is 23.7 Å². The Labute approximate surface area is 186 Å². The second kappa shape index (κ2) is 8.37. The standard InChI is InChI=1S/C25H25BrN4/c1-27-19-9-7-18(8-10-19)21-5-4-6-22-24(26)23(17-28-25(21)22)30-15-11-20(12-16-30)29-13-2-3-14-29/h4-10,17,20H,2-3,11-16H2. The van der Waals surface area contributed by atoms with Crippen LogP contribution in [0.3, 0.4) is 0 Å². The van der Waals surface area contributed by atoms with Gasteiger partial charge in [0.15, 0.2) is 5.69 Å². The predicted octanol–water partition coefficient (Wildman–Crippen LogP) is 6.28. The SMILES string of the molecule is [C-]#[N+]c1ccc(-c2cccc3c(Br)c(N4CCC(N5CCCC5)CC4)cnc23)cc1. The summed E-state index contributed by atoms with van der Waals surface area (Å²) < 4.78 is 1.13. The zero-order valence-corrected chi connectivity index (χ0v) is 18.6. The van der Waals surface area contributed by atoms with Crippen molar-refractivity contribution in [1.82, 2.24) is 9.88 Å². The van der Waals surface area contributed by atoms with Gasteiger partial charge in [-0.15, -0.1) is 0 Å². The van der Waals surface area contributed by atoms with Crippen LogP contribution in [0, 0.1) is 6.57 Å². The average molecular weight is 461 g/mol. The number of benzene rings is 2. The van der Waals surface area contributed by atoms with Gasteiger partial charge in [0, 0.05) is 30.1 Å². The first kappa shape index (κ1) is 19.5. The zero-order chi connectivity index (χ0) is 20.5. The molecule has 4 nitrogen and oxygen atoms in total. The van der Waals surface area contributed by atoms with Gasteiger partial charge in [-0.2, -0.15) is 0 Å². The fourth-order valence-electron chi connectivity index (χ4n) is 4.93. The molecule has 5 rings (SSSR count). The molecule has 0 aliphatic carbocycles. The molecule has 2 fully saturated rings. The van der Waals surface area contributed by atoms with E-state index in [2.05, 4.69) is 48.8 Å². The first-order chi connectivity index (χ1) is 14.7. The number of anilines is 1. The maximum absolute atomic E-state index is 7.16. The lowest BCUT2D eigenvalue weighted by Gasteiger charge is -2.38. The largest absolute Gasteiger partial charge is 0.369 e. The van der Waals surface area contributed by atoms with Crippen molar-refractivity contribution in [3.8, 4) is 11.1 Å². The summed E-state index contributed by atoms with van der Waals surface area (Å²) >= 11 is 3.90. The van der Waals surface area contributed by atoms with E-state index in [1.165, 1.54) is 44.5 Å². The Morgan fingerprint density at radius 3 is 2.40 bits per heavy atom. The lowest BCUT2D eigenvalue weighted by molar-refractivity contribution is 0.208. The van der Waals surface area contributed by atoms with Crippen LogP contribution in [0.1, 0.15) is 25.7 Å². The van der Waals surface area contributed by atoms with Crippen LogP contribution in [0.15, 0.2) is 53.1 Å². The van der Waals surface area contributed by atoms with E-state index in [0.717, 1.165) is 45.6 Å². The molecule has 0 amide bonds. The highest BCUT2D eigenvalue weighted by molar-refractivity contribution is 9.10. The third-order valence-corrected chi connectivity index (χ3v) is 7.42. The van der Waals surface area contributed by atoms with Gasteiger partial charge >= 0.3 is 0 Å². The lowest BCUT2D eigenvalue weighted by Crippen LogP contribution is -2.44. The Balaban J connectivity index is 1.43. The molecule has 0 atom stereocenters. The van der Waals surface area contributed by atoms with Crippen LogP contribution in [0.5, 0.6) is 0 Å². The number of nitrogens with zero attached hydrogens (tertiary/aromatic N) is 4. The minimum Gasteiger partial charge on any atom is -0.369 e. The van der Waals surface area contributed by atoms with Gasteiger partial charge in [0.25, 0.3) is 0 Å². The van der Waals surface area contributed by atoms with Crippen molar-refractivity contribution >= 4 is 38.2 Å². The molecular weight excluding hydrogens is 436 g/mol. The van der Waals surface area contributed by atoms with Crippen LogP contribution in [0.2, 0.25) is 0 Å². The van der Waals surface area contributed by atoms with Gasteiger partial charge in [-0.05, 0) is 60.3 Å². The van der Waals surface area contributed by atoms with Crippen molar-refractivity contribution < 1.29 is 0 Å². The number of fused-ring (bicyclic) bond motifs is 1. The highest BCUT2D eigenvalue weighted by atomic mass is 79.9. The third kappa shape index (κ3) is 3.59. The van der Waals surface area contributed by atoms with Gasteiger partial charge in [-0.25, -0.2) is 4.85 Å². The monoisotopic (exact) mass is 460 g/mol. The minimum atomic E-state index is 0.660. The molecule has 1 aromatic heterocycles. The minimum absolute atomic E-state index is 0.660. The molecule has 0 saturated carbocycles. The van der Waals surface area contributed by atoms with E-state index in [9.17, 15) is 0 Å². The summed E-state index contributed by atoms with van der Waals surface area (Å²) in [7, 11) is 0. The molecule has 5 heteroatoms. The normalized spacial score (nSPS) is 18.1. The second-order valence-electron chi connectivity index (χ2n) is 8.28. The number of aromatic nitrogens is 1. The van der Waals surface area contributed by atoms with Gasteiger partial charge in [-0.3, -0.25) is 4.98 Å². The van der Waals surface area contributed by atoms with Crippen molar-refractivity contribution in [1.29, 1.82) is 0 Å². The van der Waals surface area contributed by atoms with Crippen molar-refractivity contribution in [2.45, 2.75) is 31.7 Å². The molecule has 2 aromatic carbocycles. The predicted molar refractivity (Wildman–Crippen MR) is 127 cm³/mol. The first-order valence-electron chi connectivity index (χ1n) is 10.8. The molecule has 0 N–H and O–H groups in total. The van der Waals surface area contributed by atoms with Crippen molar-refractivity contribution in [3.63, 3.8) is 0 Å². The molecule has 2 aliphatic rings. The fraction of sp³-hybridized carbons (Fsp3) is 0.360. The fourth-order valence-corrected chi connectivity index (χ4v) is 5.60. The molecule has 0 unspecified atom stereocenters. The molecule has 2 saturated heterocycles. The molecule has 2 aliphatic heterocycles. The molecule has 30 heavy (non-hydrogen) atoms. The maximum Gasteiger partial charge on any atom is 0.187 e. The number of halogens is 1. The van der Waals surface area contributed by atoms with E-state index in [4.69, 9.17) is 11.6 Å². The average Bonchev–Trinajstić information content (AvgIpc) is 3.34.